The van der Waals surface area contributed by atoms with E-state index in [1.54, 1.807) is 6.07 Å². The molecule has 0 radical (unpaired) electrons. The van der Waals surface area contributed by atoms with E-state index in [4.69, 9.17) is 23.2 Å². The van der Waals surface area contributed by atoms with E-state index in [1.807, 2.05) is 25.1 Å². The molecular formula is C16H15BrCl2FN. The third-order valence-corrected chi connectivity index (χ3v) is 4.91. The summed E-state index contributed by atoms with van der Waals surface area (Å²) in [6, 6.07) is 10.3. The van der Waals surface area contributed by atoms with Gasteiger partial charge in [-0.1, -0.05) is 48.3 Å². The first-order valence-corrected chi connectivity index (χ1v) is 8.19. The van der Waals surface area contributed by atoms with Crippen LogP contribution in [0.5, 0.6) is 0 Å². The molecule has 2 rings (SSSR count). The van der Waals surface area contributed by atoms with E-state index in [1.165, 1.54) is 12.1 Å². The summed E-state index contributed by atoms with van der Waals surface area (Å²) in [6.07, 6.45) is 0.642. The van der Waals surface area contributed by atoms with Crippen LogP contribution in [0.2, 0.25) is 10.0 Å². The van der Waals surface area contributed by atoms with Gasteiger partial charge in [0, 0.05) is 15.5 Å². The van der Waals surface area contributed by atoms with Gasteiger partial charge in [0.2, 0.25) is 0 Å². The molecule has 0 fully saturated rings. The topological polar surface area (TPSA) is 12.0 Å². The summed E-state index contributed by atoms with van der Waals surface area (Å²) in [5.74, 6) is -0.329. The Morgan fingerprint density at radius 1 is 1.24 bits per heavy atom. The molecule has 0 aromatic heterocycles. The zero-order valence-electron chi connectivity index (χ0n) is 11.5. The normalized spacial score (nSPS) is 12.4. The maximum absolute atomic E-state index is 13.1. The number of hydrogen-bond donors (Lipinski definition) is 1. The summed E-state index contributed by atoms with van der Waals surface area (Å²) in [5, 5.41) is 4.52. The number of likely N-dealkylation sites (N-methyl/N-ethyl adjacent to an activating group) is 1. The number of nitrogens with one attached hydrogen (secondary N) is 1. The highest BCUT2D eigenvalue weighted by Gasteiger charge is 2.17. The van der Waals surface area contributed by atoms with Gasteiger partial charge in [0.25, 0.3) is 0 Å². The van der Waals surface area contributed by atoms with Crippen LogP contribution in [0.4, 0.5) is 4.39 Å². The van der Waals surface area contributed by atoms with Crippen molar-refractivity contribution in [2.45, 2.75) is 19.4 Å². The summed E-state index contributed by atoms with van der Waals surface area (Å²) in [4.78, 5) is 0. The molecule has 0 aliphatic rings. The van der Waals surface area contributed by atoms with Crippen molar-refractivity contribution in [3.8, 4) is 0 Å². The molecule has 1 atom stereocenters. The molecule has 2 aromatic rings. The Hall–Kier alpha value is -0.610. The van der Waals surface area contributed by atoms with Crippen molar-refractivity contribution in [3.63, 3.8) is 0 Å². The Morgan fingerprint density at radius 3 is 2.67 bits per heavy atom. The minimum absolute atomic E-state index is 0.0166. The van der Waals surface area contributed by atoms with Crippen LogP contribution < -0.4 is 5.32 Å². The Morgan fingerprint density at radius 2 is 2.00 bits per heavy atom. The van der Waals surface area contributed by atoms with Crippen molar-refractivity contribution in [3.05, 3.63) is 67.9 Å². The second-order valence-corrected chi connectivity index (χ2v) is 6.33. The Labute approximate surface area is 142 Å². The van der Waals surface area contributed by atoms with E-state index in [2.05, 4.69) is 21.2 Å². The SMILES string of the molecule is CCNC(Cc1ccc(F)cc1Cl)c1cccc(Br)c1Cl. The second kappa shape index (κ2) is 7.59. The molecule has 1 nitrogen and oxygen atoms in total. The van der Waals surface area contributed by atoms with Gasteiger partial charge in [-0.2, -0.15) is 0 Å². The first-order valence-electron chi connectivity index (χ1n) is 6.64. The van der Waals surface area contributed by atoms with E-state index in [0.717, 1.165) is 22.1 Å². The highest BCUT2D eigenvalue weighted by atomic mass is 79.9. The lowest BCUT2D eigenvalue weighted by Gasteiger charge is -2.21. The van der Waals surface area contributed by atoms with Crippen LogP contribution >= 0.6 is 39.1 Å². The lowest BCUT2D eigenvalue weighted by atomic mass is 9.98. The number of rotatable bonds is 5. The molecule has 0 bridgehead atoms. The van der Waals surface area contributed by atoms with Crippen LogP contribution in [-0.4, -0.2) is 6.54 Å². The van der Waals surface area contributed by atoms with Crippen molar-refractivity contribution in [1.29, 1.82) is 0 Å². The fourth-order valence-corrected chi connectivity index (χ4v) is 3.12. The second-order valence-electron chi connectivity index (χ2n) is 4.69. The fraction of sp³-hybridized carbons (Fsp3) is 0.250. The fourth-order valence-electron chi connectivity index (χ4n) is 2.24. The van der Waals surface area contributed by atoms with Gasteiger partial charge in [-0.25, -0.2) is 4.39 Å². The average Bonchev–Trinajstić information content (AvgIpc) is 2.44. The molecule has 5 heteroatoms. The summed E-state index contributed by atoms with van der Waals surface area (Å²) in [7, 11) is 0. The molecule has 2 aromatic carbocycles. The molecule has 0 amide bonds. The molecule has 112 valence electrons. The van der Waals surface area contributed by atoms with E-state index in [0.29, 0.717) is 16.5 Å². The maximum Gasteiger partial charge on any atom is 0.124 e. The Kier molecular flexibility index (Phi) is 6.06. The van der Waals surface area contributed by atoms with Crippen molar-refractivity contribution < 1.29 is 4.39 Å². The van der Waals surface area contributed by atoms with Gasteiger partial charge < -0.3 is 5.32 Å². The molecule has 0 heterocycles. The molecule has 0 spiro atoms. The van der Waals surface area contributed by atoms with Gasteiger partial charge in [-0.3, -0.25) is 0 Å². The zero-order valence-corrected chi connectivity index (χ0v) is 14.6. The third kappa shape index (κ3) is 4.19. The van der Waals surface area contributed by atoms with Gasteiger partial charge in [0.15, 0.2) is 0 Å². The smallest absolute Gasteiger partial charge is 0.124 e. The number of halogens is 4. The van der Waals surface area contributed by atoms with E-state index >= 15 is 0 Å². The summed E-state index contributed by atoms with van der Waals surface area (Å²) in [5.41, 5.74) is 1.88. The highest BCUT2D eigenvalue weighted by Crippen LogP contribution is 2.33. The van der Waals surface area contributed by atoms with Crippen LogP contribution in [0.3, 0.4) is 0 Å². The standard InChI is InChI=1S/C16H15BrCl2FN/c1-2-21-15(12-4-3-5-13(17)16(12)19)8-10-6-7-11(20)9-14(10)18/h3-7,9,15,21H,2,8H2,1H3. The van der Waals surface area contributed by atoms with Crippen LogP contribution in [-0.2, 0) is 6.42 Å². The molecule has 21 heavy (non-hydrogen) atoms. The van der Waals surface area contributed by atoms with Crippen LogP contribution in [0, 0.1) is 5.82 Å². The quantitative estimate of drug-likeness (QED) is 0.681. The van der Waals surface area contributed by atoms with Gasteiger partial charge in [0.05, 0.1) is 5.02 Å². The molecule has 0 saturated carbocycles. The predicted molar refractivity (Wildman–Crippen MR) is 90.7 cm³/mol. The van der Waals surface area contributed by atoms with E-state index in [9.17, 15) is 4.39 Å². The van der Waals surface area contributed by atoms with Crippen molar-refractivity contribution in [2.75, 3.05) is 6.54 Å². The molecule has 1 unspecified atom stereocenters. The van der Waals surface area contributed by atoms with Crippen LogP contribution in [0.1, 0.15) is 24.1 Å². The average molecular weight is 391 g/mol. The summed E-state index contributed by atoms with van der Waals surface area (Å²) >= 11 is 15.9. The van der Waals surface area contributed by atoms with Crippen LogP contribution in [0.25, 0.3) is 0 Å². The Balaban J connectivity index is 2.33. The van der Waals surface area contributed by atoms with Crippen molar-refractivity contribution in [1.82, 2.24) is 5.32 Å². The van der Waals surface area contributed by atoms with Gasteiger partial charge in [-0.05, 0) is 58.2 Å². The Bertz CT molecular complexity index is 634. The molecular weight excluding hydrogens is 376 g/mol. The van der Waals surface area contributed by atoms with E-state index < -0.39 is 0 Å². The van der Waals surface area contributed by atoms with Gasteiger partial charge in [0.1, 0.15) is 5.82 Å². The van der Waals surface area contributed by atoms with Gasteiger partial charge >= 0.3 is 0 Å². The van der Waals surface area contributed by atoms with Crippen LogP contribution in [0.15, 0.2) is 40.9 Å². The monoisotopic (exact) mass is 389 g/mol. The number of hydrogen-bond acceptors (Lipinski definition) is 1. The molecule has 0 saturated heterocycles. The first-order chi connectivity index (χ1) is 10.0. The minimum atomic E-state index is -0.329. The lowest BCUT2D eigenvalue weighted by molar-refractivity contribution is 0.549. The summed E-state index contributed by atoms with van der Waals surface area (Å²) in [6.45, 7) is 2.83. The predicted octanol–water partition coefficient (Wildman–Crippen LogP) is 5.79. The first kappa shape index (κ1) is 16.8. The van der Waals surface area contributed by atoms with Crippen molar-refractivity contribution >= 4 is 39.1 Å². The lowest BCUT2D eigenvalue weighted by Crippen LogP contribution is -2.23. The van der Waals surface area contributed by atoms with E-state index in [-0.39, 0.29) is 11.9 Å². The minimum Gasteiger partial charge on any atom is -0.310 e. The number of benzene rings is 2. The molecule has 0 aliphatic carbocycles. The summed E-state index contributed by atoms with van der Waals surface area (Å²) < 4.78 is 14.0. The third-order valence-electron chi connectivity index (χ3n) is 3.25. The molecule has 1 N–H and O–H groups in total. The highest BCUT2D eigenvalue weighted by molar-refractivity contribution is 9.10. The van der Waals surface area contributed by atoms with Crippen molar-refractivity contribution in [2.24, 2.45) is 0 Å². The zero-order chi connectivity index (χ0) is 15.4. The van der Waals surface area contributed by atoms with Gasteiger partial charge in [-0.15, -0.1) is 0 Å². The molecule has 0 aliphatic heterocycles. The largest absolute Gasteiger partial charge is 0.310 e. The maximum atomic E-state index is 13.1.